The minimum atomic E-state index is -1.16. The molecule has 84 valence electrons. The zero-order valence-corrected chi connectivity index (χ0v) is 9.02. The SMILES string of the molecule is C/C(=N/NC(=O)c1ccc(C)cc1)C(=O)O. The summed E-state index contributed by atoms with van der Waals surface area (Å²) in [4.78, 5) is 21.9. The Hall–Kier alpha value is -2.17. The molecule has 1 amide bonds. The fraction of sp³-hybridized carbons (Fsp3) is 0.182. The molecule has 1 aromatic carbocycles. The zero-order chi connectivity index (χ0) is 12.1. The summed E-state index contributed by atoms with van der Waals surface area (Å²) in [5.74, 6) is -1.59. The van der Waals surface area contributed by atoms with Crippen LogP contribution in [0.1, 0.15) is 22.8 Å². The number of carbonyl (C=O) groups excluding carboxylic acids is 1. The summed E-state index contributed by atoms with van der Waals surface area (Å²) < 4.78 is 0. The number of rotatable bonds is 3. The van der Waals surface area contributed by atoms with Crippen LogP contribution in [0.15, 0.2) is 29.4 Å². The molecular weight excluding hydrogens is 208 g/mol. The molecule has 0 fully saturated rings. The number of nitrogens with one attached hydrogen (secondary N) is 1. The average Bonchev–Trinajstić information content (AvgIpc) is 2.26. The first-order valence-electron chi connectivity index (χ1n) is 4.65. The Balaban J connectivity index is 2.70. The van der Waals surface area contributed by atoms with Crippen molar-refractivity contribution in [1.82, 2.24) is 5.43 Å². The van der Waals surface area contributed by atoms with Crippen LogP contribution in [-0.4, -0.2) is 22.7 Å². The summed E-state index contributed by atoms with van der Waals surface area (Å²) in [5, 5.41) is 12.0. The predicted molar refractivity (Wildman–Crippen MR) is 59.4 cm³/mol. The third kappa shape index (κ3) is 3.20. The van der Waals surface area contributed by atoms with E-state index in [2.05, 4.69) is 10.5 Å². The first-order valence-corrected chi connectivity index (χ1v) is 4.65. The zero-order valence-electron chi connectivity index (χ0n) is 9.02. The second-order valence-corrected chi connectivity index (χ2v) is 3.31. The molecule has 0 aliphatic rings. The summed E-state index contributed by atoms with van der Waals surface area (Å²) in [6.45, 7) is 3.21. The second-order valence-electron chi connectivity index (χ2n) is 3.31. The lowest BCUT2D eigenvalue weighted by Crippen LogP contribution is -2.21. The number of hydrogen-bond donors (Lipinski definition) is 2. The van der Waals surface area contributed by atoms with Gasteiger partial charge in [0, 0.05) is 5.56 Å². The Morgan fingerprint density at radius 2 is 1.81 bits per heavy atom. The van der Waals surface area contributed by atoms with Gasteiger partial charge in [0.25, 0.3) is 5.91 Å². The lowest BCUT2D eigenvalue weighted by atomic mass is 10.1. The smallest absolute Gasteiger partial charge is 0.351 e. The van der Waals surface area contributed by atoms with Crippen LogP contribution in [0.2, 0.25) is 0 Å². The van der Waals surface area contributed by atoms with E-state index in [4.69, 9.17) is 5.11 Å². The molecule has 16 heavy (non-hydrogen) atoms. The Morgan fingerprint density at radius 3 is 2.31 bits per heavy atom. The standard InChI is InChI=1S/C11H12N2O3/c1-7-3-5-9(6-4-7)10(14)13-12-8(2)11(15)16/h3-6H,1-2H3,(H,13,14)(H,15,16)/b12-8-. The van der Waals surface area contributed by atoms with Crippen LogP contribution in [0, 0.1) is 6.92 Å². The summed E-state index contributed by atoms with van der Waals surface area (Å²) >= 11 is 0. The van der Waals surface area contributed by atoms with E-state index in [1.165, 1.54) is 6.92 Å². The molecule has 1 aromatic rings. The van der Waals surface area contributed by atoms with Crippen molar-refractivity contribution < 1.29 is 14.7 Å². The Bertz CT molecular complexity index is 435. The van der Waals surface area contributed by atoms with Crippen molar-refractivity contribution in [2.24, 2.45) is 5.10 Å². The number of aryl methyl sites for hydroxylation is 1. The Kier molecular flexibility index (Phi) is 3.77. The highest BCUT2D eigenvalue weighted by atomic mass is 16.4. The quantitative estimate of drug-likeness (QED) is 0.593. The van der Waals surface area contributed by atoms with Crippen molar-refractivity contribution in [3.63, 3.8) is 0 Å². The first kappa shape index (κ1) is 11.9. The highest BCUT2D eigenvalue weighted by Crippen LogP contribution is 2.02. The van der Waals surface area contributed by atoms with Gasteiger partial charge in [-0.25, -0.2) is 10.2 Å². The number of hydrazone groups is 1. The van der Waals surface area contributed by atoms with E-state index in [-0.39, 0.29) is 5.71 Å². The fourth-order valence-electron chi connectivity index (χ4n) is 0.952. The van der Waals surface area contributed by atoms with Gasteiger partial charge in [-0.3, -0.25) is 4.79 Å². The highest BCUT2D eigenvalue weighted by Gasteiger charge is 2.05. The van der Waals surface area contributed by atoms with Crippen molar-refractivity contribution in [1.29, 1.82) is 0 Å². The van der Waals surface area contributed by atoms with Gasteiger partial charge in [0.15, 0.2) is 0 Å². The monoisotopic (exact) mass is 220 g/mol. The minimum absolute atomic E-state index is 0.166. The number of carbonyl (C=O) groups is 2. The maximum Gasteiger partial charge on any atom is 0.351 e. The molecule has 0 bridgehead atoms. The van der Waals surface area contributed by atoms with Gasteiger partial charge in [-0.2, -0.15) is 5.10 Å². The maximum atomic E-state index is 11.5. The largest absolute Gasteiger partial charge is 0.477 e. The van der Waals surface area contributed by atoms with E-state index in [1.807, 2.05) is 6.92 Å². The Labute approximate surface area is 92.8 Å². The van der Waals surface area contributed by atoms with E-state index >= 15 is 0 Å². The third-order valence-corrected chi connectivity index (χ3v) is 1.95. The van der Waals surface area contributed by atoms with Gasteiger partial charge >= 0.3 is 5.97 Å². The van der Waals surface area contributed by atoms with Crippen LogP contribution < -0.4 is 5.43 Å². The van der Waals surface area contributed by atoms with E-state index in [9.17, 15) is 9.59 Å². The van der Waals surface area contributed by atoms with Gasteiger partial charge in [0.05, 0.1) is 0 Å². The molecule has 0 unspecified atom stereocenters. The molecule has 0 aliphatic heterocycles. The molecule has 5 heteroatoms. The minimum Gasteiger partial charge on any atom is -0.477 e. The summed E-state index contributed by atoms with van der Waals surface area (Å²) in [5.41, 5.74) is 3.48. The molecule has 0 saturated carbocycles. The van der Waals surface area contributed by atoms with Gasteiger partial charge in [-0.05, 0) is 26.0 Å². The lowest BCUT2D eigenvalue weighted by molar-refractivity contribution is -0.129. The first-order chi connectivity index (χ1) is 7.50. The molecule has 5 nitrogen and oxygen atoms in total. The van der Waals surface area contributed by atoms with E-state index in [0.29, 0.717) is 5.56 Å². The topological polar surface area (TPSA) is 78.8 Å². The molecule has 0 atom stereocenters. The van der Waals surface area contributed by atoms with Crippen molar-refractivity contribution in [2.75, 3.05) is 0 Å². The van der Waals surface area contributed by atoms with Crippen molar-refractivity contribution in [2.45, 2.75) is 13.8 Å². The number of carboxylic acids is 1. The molecule has 0 saturated heterocycles. The molecule has 2 N–H and O–H groups in total. The van der Waals surface area contributed by atoms with Crippen LogP contribution in [0.25, 0.3) is 0 Å². The van der Waals surface area contributed by atoms with Crippen LogP contribution in [0.3, 0.4) is 0 Å². The normalized spacial score (nSPS) is 11.0. The van der Waals surface area contributed by atoms with Gasteiger partial charge in [0.2, 0.25) is 0 Å². The molecular formula is C11H12N2O3. The van der Waals surface area contributed by atoms with Crippen molar-refractivity contribution in [3.05, 3.63) is 35.4 Å². The summed E-state index contributed by atoms with van der Waals surface area (Å²) in [6.07, 6.45) is 0. The maximum absolute atomic E-state index is 11.5. The van der Waals surface area contributed by atoms with E-state index in [1.54, 1.807) is 24.3 Å². The fourth-order valence-corrected chi connectivity index (χ4v) is 0.952. The molecule has 0 radical (unpaired) electrons. The summed E-state index contributed by atoms with van der Waals surface area (Å²) in [7, 11) is 0. The van der Waals surface area contributed by atoms with Gasteiger partial charge < -0.3 is 5.11 Å². The van der Waals surface area contributed by atoms with Gasteiger partial charge in [0.1, 0.15) is 5.71 Å². The number of nitrogens with zero attached hydrogens (tertiary/aromatic N) is 1. The van der Waals surface area contributed by atoms with Gasteiger partial charge in [-0.1, -0.05) is 17.7 Å². The summed E-state index contributed by atoms with van der Waals surface area (Å²) in [6, 6.07) is 6.89. The molecule has 0 aromatic heterocycles. The number of aliphatic carboxylic acids is 1. The van der Waals surface area contributed by atoms with Crippen molar-refractivity contribution >= 4 is 17.6 Å². The third-order valence-electron chi connectivity index (χ3n) is 1.95. The van der Waals surface area contributed by atoms with E-state index in [0.717, 1.165) is 5.56 Å². The number of carboxylic acid groups (broad SMARTS) is 1. The molecule has 0 heterocycles. The average molecular weight is 220 g/mol. The number of benzene rings is 1. The predicted octanol–water partition coefficient (Wildman–Crippen LogP) is 1.19. The van der Waals surface area contributed by atoms with Crippen LogP contribution in [0.5, 0.6) is 0 Å². The highest BCUT2D eigenvalue weighted by molar-refractivity contribution is 6.34. The van der Waals surface area contributed by atoms with Crippen LogP contribution in [0.4, 0.5) is 0 Å². The van der Waals surface area contributed by atoms with Crippen LogP contribution >= 0.6 is 0 Å². The number of amides is 1. The Morgan fingerprint density at radius 1 is 1.25 bits per heavy atom. The molecule has 1 rings (SSSR count). The van der Waals surface area contributed by atoms with Gasteiger partial charge in [-0.15, -0.1) is 0 Å². The lowest BCUT2D eigenvalue weighted by Gasteiger charge is -2.00. The van der Waals surface area contributed by atoms with Crippen molar-refractivity contribution in [3.8, 4) is 0 Å². The van der Waals surface area contributed by atoms with Crippen LogP contribution in [-0.2, 0) is 4.79 Å². The molecule has 0 spiro atoms. The number of hydrogen-bond acceptors (Lipinski definition) is 3. The molecule has 0 aliphatic carbocycles. The van der Waals surface area contributed by atoms with E-state index < -0.39 is 11.9 Å². The second kappa shape index (κ2) is 5.06.